The first kappa shape index (κ1) is 45.0. The van der Waals surface area contributed by atoms with Crippen LogP contribution in [0.5, 0.6) is 0 Å². The number of ether oxygens (including phenoxy) is 2. The number of rotatable bonds is 13. The largest absolute Gasteiger partial charge is 0.480 e. The number of thioether (sulfide) groups is 2. The van der Waals surface area contributed by atoms with Gasteiger partial charge in [0.2, 0.25) is 0 Å². The summed E-state index contributed by atoms with van der Waals surface area (Å²) in [7, 11) is 0. The number of benzene rings is 2. The molecule has 22 nitrogen and oxygen atoms in total. The van der Waals surface area contributed by atoms with E-state index in [9.17, 15) is 58.2 Å². The Morgan fingerprint density at radius 2 is 0.968 bits per heavy atom. The van der Waals surface area contributed by atoms with Crippen LogP contribution in [0.25, 0.3) is 0 Å². The molecule has 4 saturated heterocycles. The van der Waals surface area contributed by atoms with Gasteiger partial charge in [0.25, 0.3) is 23.6 Å². The van der Waals surface area contributed by atoms with Crippen LogP contribution in [0.2, 0.25) is 0 Å². The van der Waals surface area contributed by atoms with E-state index < -0.39 is 130 Å². The molecule has 0 saturated carbocycles. The molecule has 4 heterocycles. The topological polar surface area (TPSA) is 319 Å². The van der Waals surface area contributed by atoms with Crippen molar-refractivity contribution in [1.82, 2.24) is 30.2 Å². The zero-order chi connectivity index (χ0) is 45.6. The molecule has 4 aliphatic rings. The second-order valence-electron chi connectivity index (χ2n) is 15.4. The van der Waals surface area contributed by atoms with Gasteiger partial charge in [-0.2, -0.15) is 0 Å². The van der Waals surface area contributed by atoms with Crippen molar-refractivity contribution in [3.8, 4) is 0 Å². The van der Waals surface area contributed by atoms with E-state index in [0.717, 1.165) is 33.3 Å². The highest BCUT2D eigenvalue weighted by Crippen LogP contribution is 2.53. The average Bonchev–Trinajstić information content (AvgIpc) is 3.62. The SMILES string of the molecule is CC1(C)S[C@@H]2[C@H](N(C(=O)OCCOC(=O)N(C(=O)C(NC(N)=O)c3ccccc3)[C@@H]3C(=O)N4[C@@H]3SC(C)(C)[C@@H]4C(=O)O)C(=O)C(NC(N)=O)c3ccccc3)C(=O)N2[C@H]1C(=O)O. The normalized spacial score (nSPS) is 24.7. The molecule has 2 aromatic carbocycles. The molecule has 330 valence electrons. The van der Waals surface area contributed by atoms with Gasteiger partial charge in [0.15, 0.2) is 12.1 Å². The van der Waals surface area contributed by atoms with E-state index in [1.54, 1.807) is 39.8 Å². The molecule has 8 N–H and O–H groups in total. The number of urea groups is 2. The van der Waals surface area contributed by atoms with Gasteiger partial charge in [0, 0.05) is 9.49 Å². The van der Waals surface area contributed by atoms with Gasteiger partial charge in [-0.15, -0.1) is 23.5 Å². The molecule has 24 heteroatoms. The minimum atomic E-state index is -1.64. The van der Waals surface area contributed by atoms with Crippen molar-refractivity contribution in [3.05, 3.63) is 71.8 Å². The zero-order valence-corrected chi connectivity index (χ0v) is 35.0. The molecular weight excluding hydrogens is 857 g/mol. The number of imide groups is 2. The van der Waals surface area contributed by atoms with Crippen molar-refractivity contribution in [2.75, 3.05) is 13.2 Å². The van der Waals surface area contributed by atoms with Crippen molar-refractivity contribution >= 4 is 83.3 Å². The molecule has 0 aromatic heterocycles. The van der Waals surface area contributed by atoms with E-state index in [0.29, 0.717) is 9.80 Å². The van der Waals surface area contributed by atoms with Crippen molar-refractivity contribution in [2.45, 2.75) is 84.2 Å². The van der Waals surface area contributed by atoms with E-state index >= 15 is 0 Å². The van der Waals surface area contributed by atoms with Crippen molar-refractivity contribution in [1.29, 1.82) is 0 Å². The molecule has 2 unspecified atom stereocenters. The Bertz CT molecular complexity index is 2060. The Morgan fingerprint density at radius 1 is 0.645 bits per heavy atom. The number of nitrogens with two attached hydrogens (primary N) is 2. The first-order valence-electron chi connectivity index (χ1n) is 18.8. The van der Waals surface area contributed by atoms with Gasteiger partial charge in [-0.05, 0) is 38.8 Å². The fraction of sp³-hybridized carbons (Fsp3) is 0.421. The Kier molecular flexibility index (Phi) is 12.4. The van der Waals surface area contributed by atoms with Crippen molar-refractivity contribution < 1.29 is 67.6 Å². The van der Waals surface area contributed by atoms with Gasteiger partial charge >= 0.3 is 36.2 Å². The zero-order valence-electron chi connectivity index (χ0n) is 33.4. The Hall–Kier alpha value is -6.56. The first-order chi connectivity index (χ1) is 29.1. The van der Waals surface area contributed by atoms with Crippen LogP contribution < -0.4 is 22.1 Å². The molecule has 4 fully saturated rings. The Balaban J connectivity index is 1.25. The minimum Gasteiger partial charge on any atom is -0.480 e. The second kappa shape index (κ2) is 17.1. The molecule has 0 bridgehead atoms. The number of hydrogen-bond acceptors (Lipinski definition) is 14. The molecule has 2 aromatic rings. The quantitative estimate of drug-likeness (QED) is 0.119. The predicted octanol–water partition coefficient (Wildman–Crippen LogP) is 0.767. The van der Waals surface area contributed by atoms with Crippen LogP contribution in [0.1, 0.15) is 50.9 Å². The van der Waals surface area contributed by atoms with E-state index in [2.05, 4.69) is 10.6 Å². The monoisotopic (exact) mass is 898 g/mol. The summed E-state index contributed by atoms with van der Waals surface area (Å²) in [4.78, 5) is 135. The highest BCUT2D eigenvalue weighted by atomic mass is 32.2. The smallest absolute Gasteiger partial charge is 0.417 e. The summed E-state index contributed by atoms with van der Waals surface area (Å²) >= 11 is 2.03. The van der Waals surface area contributed by atoms with Gasteiger partial charge in [0.05, 0.1) is 0 Å². The number of β-lactam (4-membered cyclic amide) rings is 2. The number of carboxylic acids is 2. The first-order valence-corrected chi connectivity index (χ1v) is 20.5. The summed E-state index contributed by atoms with van der Waals surface area (Å²) < 4.78 is 8.53. The molecule has 0 aliphatic carbocycles. The molecule has 62 heavy (non-hydrogen) atoms. The van der Waals surface area contributed by atoms with Crippen LogP contribution in [-0.2, 0) is 38.2 Å². The van der Waals surface area contributed by atoms with Crippen LogP contribution >= 0.6 is 23.5 Å². The fourth-order valence-electron chi connectivity index (χ4n) is 7.97. The molecule has 0 radical (unpaired) electrons. The average molecular weight is 899 g/mol. The third kappa shape index (κ3) is 8.13. The third-order valence-corrected chi connectivity index (χ3v) is 13.7. The summed E-state index contributed by atoms with van der Waals surface area (Å²) in [5, 5.41) is 22.3. The summed E-state index contributed by atoms with van der Waals surface area (Å²) in [5.74, 6) is -6.82. The number of amides is 10. The van der Waals surface area contributed by atoms with Crippen LogP contribution in [0.3, 0.4) is 0 Å². The number of fused-ring (bicyclic) bond motifs is 2. The molecule has 0 spiro atoms. The summed E-state index contributed by atoms with van der Waals surface area (Å²) in [6.45, 7) is 4.63. The van der Waals surface area contributed by atoms with E-state index in [1.807, 2.05) is 0 Å². The lowest BCUT2D eigenvalue weighted by atomic mass is 9.94. The number of nitrogens with zero attached hydrogens (tertiary/aromatic N) is 4. The number of carbonyl (C=O) groups excluding carboxylic acids is 8. The van der Waals surface area contributed by atoms with Crippen molar-refractivity contribution in [2.24, 2.45) is 11.5 Å². The number of hydrogen-bond donors (Lipinski definition) is 6. The number of aliphatic carboxylic acids is 2. The standard InChI is InChI=1S/C38H42N8O14S2/c1-37(2)23(31(51)52)45-27(49)21(29(45)61-37)43(25(47)19(41-33(39)55)17-11-7-5-8-12-17)35(57)59-15-16-60-36(58)44(26(48)20(42-34(40)56)18-13-9-6-10-14-18)22-28(50)46-24(32(53)54)38(3,4)62-30(22)46/h5-14,19-24,29-30H,15-16H2,1-4H3,(H,51,52)(H,53,54)(H3,39,41,55)(H3,40,42,56)/t19?,20?,21-,22-,23+,24+,29-,30-/m1/s1. The van der Waals surface area contributed by atoms with Gasteiger partial charge in [-0.1, -0.05) is 60.7 Å². The van der Waals surface area contributed by atoms with Crippen LogP contribution in [0, 0.1) is 0 Å². The molecule has 4 aliphatic heterocycles. The molecule has 6 rings (SSSR count). The van der Waals surface area contributed by atoms with Crippen LogP contribution in [0.15, 0.2) is 60.7 Å². The fourth-order valence-corrected chi connectivity index (χ4v) is 11.3. The number of carboxylic acid groups (broad SMARTS) is 2. The highest BCUT2D eigenvalue weighted by Gasteiger charge is 2.68. The summed E-state index contributed by atoms with van der Waals surface area (Å²) in [5.41, 5.74) is 11.1. The number of primary amides is 2. The lowest BCUT2D eigenvalue weighted by molar-refractivity contribution is -0.167. The van der Waals surface area contributed by atoms with Gasteiger partial charge in [0.1, 0.15) is 48.1 Å². The van der Waals surface area contributed by atoms with E-state index in [1.165, 1.54) is 48.5 Å². The maximum absolute atomic E-state index is 14.3. The molecule has 10 amide bonds. The van der Waals surface area contributed by atoms with Gasteiger partial charge in [-0.25, -0.2) is 38.6 Å². The maximum atomic E-state index is 14.3. The number of carbonyl (C=O) groups is 10. The van der Waals surface area contributed by atoms with E-state index in [-0.39, 0.29) is 11.1 Å². The summed E-state index contributed by atoms with van der Waals surface area (Å²) in [6, 6.07) is 3.61. The lowest BCUT2D eigenvalue weighted by Gasteiger charge is -2.47. The second-order valence-corrected chi connectivity index (χ2v) is 19.0. The number of nitrogens with one attached hydrogen (secondary N) is 2. The minimum absolute atomic E-state index is 0.154. The Labute approximate surface area is 360 Å². The third-order valence-electron chi connectivity index (χ3n) is 10.6. The maximum Gasteiger partial charge on any atom is 0.417 e. The lowest BCUT2D eigenvalue weighted by Crippen LogP contribution is -2.73. The summed E-state index contributed by atoms with van der Waals surface area (Å²) in [6.07, 6.45) is -2.93. The molecular formula is C38H42N8O14S2. The van der Waals surface area contributed by atoms with Gasteiger partial charge < -0.3 is 51.6 Å². The Morgan fingerprint density at radius 3 is 1.26 bits per heavy atom. The van der Waals surface area contributed by atoms with Crippen LogP contribution in [0.4, 0.5) is 19.2 Å². The predicted molar refractivity (Wildman–Crippen MR) is 215 cm³/mol. The highest BCUT2D eigenvalue weighted by molar-refractivity contribution is 8.02. The van der Waals surface area contributed by atoms with E-state index in [4.69, 9.17) is 20.9 Å². The van der Waals surface area contributed by atoms with Crippen LogP contribution in [-0.4, -0.2) is 147 Å². The van der Waals surface area contributed by atoms with Gasteiger partial charge in [-0.3, -0.25) is 19.2 Å². The molecule has 8 atom stereocenters. The van der Waals surface area contributed by atoms with Crippen molar-refractivity contribution in [3.63, 3.8) is 0 Å².